The number of rotatable bonds is 5. The topological polar surface area (TPSA) is 100 Å². The van der Waals surface area contributed by atoms with E-state index in [1.165, 1.54) is 23.9 Å². The fourth-order valence-electron chi connectivity index (χ4n) is 2.06. The molecule has 0 atom stereocenters. The Morgan fingerprint density at radius 1 is 1.32 bits per heavy atom. The molecule has 0 radical (unpaired) electrons. The molecule has 2 heterocycles. The molecule has 0 aliphatic carbocycles. The van der Waals surface area contributed by atoms with E-state index in [1.807, 2.05) is 19.1 Å². The Bertz CT molecular complexity index is 895. The van der Waals surface area contributed by atoms with Crippen LogP contribution in [-0.2, 0) is 6.61 Å². The van der Waals surface area contributed by atoms with E-state index < -0.39 is 0 Å². The highest BCUT2D eigenvalue weighted by Crippen LogP contribution is 2.27. The number of thiazole rings is 1. The van der Waals surface area contributed by atoms with Gasteiger partial charge in [-0.15, -0.1) is 0 Å². The van der Waals surface area contributed by atoms with Gasteiger partial charge >= 0.3 is 0 Å². The summed E-state index contributed by atoms with van der Waals surface area (Å²) in [4.78, 5) is 24.9. The molecule has 0 aliphatic heterocycles. The second-order valence-electron chi connectivity index (χ2n) is 5.09. The molecule has 0 aliphatic rings. The number of amides is 1. The molecule has 1 amide bonds. The van der Waals surface area contributed by atoms with Gasteiger partial charge in [-0.25, -0.2) is 15.0 Å². The number of para-hydroxylation sites is 1. The number of anilines is 3. The molecule has 7 nitrogen and oxygen atoms in total. The van der Waals surface area contributed by atoms with Gasteiger partial charge in [0.2, 0.25) is 0 Å². The smallest absolute Gasteiger partial charge is 0.267 e. The SMILES string of the molecule is Cc1cccc(Cl)c1NC(=O)c1cnc(Nc2cc(CO)ncn2)s1. The predicted molar refractivity (Wildman–Crippen MR) is 97.5 cm³/mol. The Labute approximate surface area is 152 Å². The summed E-state index contributed by atoms with van der Waals surface area (Å²) in [6.45, 7) is 1.69. The van der Waals surface area contributed by atoms with E-state index in [4.69, 9.17) is 16.7 Å². The van der Waals surface area contributed by atoms with Crippen molar-refractivity contribution < 1.29 is 9.90 Å². The third kappa shape index (κ3) is 4.11. The first-order valence-electron chi connectivity index (χ1n) is 7.28. The molecule has 128 valence electrons. The van der Waals surface area contributed by atoms with Crippen molar-refractivity contribution in [1.29, 1.82) is 0 Å². The zero-order chi connectivity index (χ0) is 17.8. The molecule has 0 saturated heterocycles. The summed E-state index contributed by atoms with van der Waals surface area (Å²) in [5, 5.41) is 15.9. The van der Waals surface area contributed by atoms with Gasteiger partial charge in [0.1, 0.15) is 17.0 Å². The summed E-state index contributed by atoms with van der Waals surface area (Å²) >= 11 is 7.31. The van der Waals surface area contributed by atoms with E-state index in [1.54, 1.807) is 12.1 Å². The van der Waals surface area contributed by atoms with Crippen LogP contribution >= 0.6 is 22.9 Å². The van der Waals surface area contributed by atoms with Gasteiger partial charge in [0.25, 0.3) is 5.91 Å². The maximum Gasteiger partial charge on any atom is 0.267 e. The maximum atomic E-state index is 12.4. The van der Waals surface area contributed by atoms with Gasteiger partial charge in [-0.2, -0.15) is 0 Å². The monoisotopic (exact) mass is 375 g/mol. The highest BCUT2D eigenvalue weighted by atomic mass is 35.5. The standard InChI is InChI=1S/C16H14ClN5O2S/c1-9-3-2-4-11(17)14(9)22-15(24)12-6-18-16(25-12)21-13-5-10(7-23)19-8-20-13/h2-6,8,23H,7H2,1H3,(H,22,24)(H,18,19,20,21). The van der Waals surface area contributed by atoms with Gasteiger partial charge in [0, 0.05) is 6.07 Å². The van der Waals surface area contributed by atoms with Crippen LogP contribution in [0.4, 0.5) is 16.6 Å². The maximum absolute atomic E-state index is 12.4. The molecule has 25 heavy (non-hydrogen) atoms. The number of aliphatic hydroxyl groups is 1. The number of aryl methyl sites for hydroxylation is 1. The first kappa shape index (κ1) is 17.3. The third-order valence-corrected chi connectivity index (χ3v) is 4.54. The number of hydrogen-bond acceptors (Lipinski definition) is 7. The average molecular weight is 376 g/mol. The molecule has 0 fully saturated rings. The quantitative estimate of drug-likeness (QED) is 0.632. The van der Waals surface area contributed by atoms with Gasteiger partial charge in [0.15, 0.2) is 5.13 Å². The molecule has 1 aromatic carbocycles. The molecule has 3 N–H and O–H groups in total. The lowest BCUT2D eigenvalue weighted by Crippen LogP contribution is -2.11. The van der Waals surface area contributed by atoms with Crippen molar-refractivity contribution in [3.8, 4) is 0 Å². The van der Waals surface area contributed by atoms with E-state index in [0.717, 1.165) is 5.56 Å². The third-order valence-electron chi connectivity index (χ3n) is 3.31. The summed E-state index contributed by atoms with van der Waals surface area (Å²) in [6, 6.07) is 7.02. The average Bonchev–Trinajstić information content (AvgIpc) is 3.07. The number of halogens is 1. The lowest BCUT2D eigenvalue weighted by Gasteiger charge is -2.08. The van der Waals surface area contributed by atoms with E-state index in [2.05, 4.69) is 25.6 Å². The number of hydrogen-bond donors (Lipinski definition) is 3. The number of nitrogens with one attached hydrogen (secondary N) is 2. The molecule has 9 heteroatoms. The second-order valence-corrected chi connectivity index (χ2v) is 6.53. The van der Waals surface area contributed by atoms with Crippen LogP contribution in [-0.4, -0.2) is 26.0 Å². The Balaban J connectivity index is 1.73. The van der Waals surface area contributed by atoms with Gasteiger partial charge < -0.3 is 15.7 Å². The van der Waals surface area contributed by atoms with Crippen molar-refractivity contribution in [2.45, 2.75) is 13.5 Å². The van der Waals surface area contributed by atoms with Gasteiger partial charge in [-0.05, 0) is 18.6 Å². The Hall–Kier alpha value is -2.55. The summed E-state index contributed by atoms with van der Waals surface area (Å²) in [5.74, 6) is 0.197. The predicted octanol–water partition coefficient (Wildman–Crippen LogP) is 3.38. The van der Waals surface area contributed by atoms with Crippen LogP contribution in [0.2, 0.25) is 5.02 Å². The Morgan fingerprint density at radius 2 is 2.16 bits per heavy atom. The van der Waals surface area contributed by atoms with Gasteiger partial charge in [0.05, 0.1) is 29.2 Å². The van der Waals surface area contributed by atoms with Crippen LogP contribution in [0, 0.1) is 6.92 Å². The van der Waals surface area contributed by atoms with Crippen molar-refractivity contribution in [3.63, 3.8) is 0 Å². The molecular weight excluding hydrogens is 362 g/mol. The van der Waals surface area contributed by atoms with Crippen LogP contribution in [0.1, 0.15) is 20.9 Å². The zero-order valence-electron chi connectivity index (χ0n) is 13.2. The van der Waals surface area contributed by atoms with Crippen molar-refractivity contribution in [2.75, 3.05) is 10.6 Å². The van der Waals surface area contributed by atoms with Crippen LogP contribution in [0.3, 0.4) is 0 Å². The first-order valence-corrected chi connectivity index (χ1v) is 8.47. The molecule has 0 saturated carbocycles. The molecule has 3 rings (SSSR count). The minimum absolute atomic E-state index is 0.181. The number of aromatic nitrogens is 3. The summed E-state index contributed by atoms with van der Waals surface area (Å²) in [5.41, 5.74) is 1.95. The fraction of sp³-hybridized carbons (Fsp3) is 0.125. The number of aliphatic hydroxyl groups excluding tert-OH is 1. The number of benzene rings is 1. The lowest BCUT2D eigenvalue weighted by molar-refractivity contribution is 0.103. The van der Waals surface area contributed by atoms with E-state index in [9.17, 15) is 4.79 Å². The molecule has 0 unspecified atom stereocenters. The van der Waals surface area contributed by atoms with Crippen molar-refractivity contribution in [2.24, 2.45) is 0 Å². The van der Waals surface area contributed by atoms with Crippen molar-refractivity contribution in [3.05, 3.63) is 57.9 Å². The second kappa shape index (κ2) is 7.56. The number of nitrogens with zero attached hydrogens (tertiary/aromatic N) is 3. The molecule has 2 aromatic heterocycles. The van der Waals surface area contributed by atoms with Crippen LogP contribution in [0.5, 0.6) is 0 Å². The molecule has 3 aromatic rings. The van der Waals surface area contributed by atoms with Crippen LogP contribution in [0.25, 0.3) is 0 Å². The van der Waals surface area contributed by atoms with Crippen LogP contribution < -0.4 is 10.6 Å². The summed E-state index contributed by atoms with van der Waals surface area (Å²) in [6.07, 6.45) is 2.82. The van der Waals surface area contributed by atoms with Crippen molar-refractivity contribution in [1.82, 2.24) is 15.0 Å². The van der Waals surface area contributed by atoms with Gasteiger partial charge in [-0.1, -0.05) is 35.1 Å². The van der Waals surface area contributed by atoms with Crippen molar-refractivity contribution >= 4 is 45.5 Å². The number of carbonyl (C=O) groups is 1. The summed E-state index contributed by atoms with van der Waals surface area (Å²) < 4.78 is 0. The van der Waals surface area contributed by atoms with Gasteiger partial charge in [-0.3, -0.25) is 4.79 Å². The highest BCUT2D eigenvalue weighted by molar-refractivity contribution is 7.17. The largest absolute Gasteiger partial charge is 0.390 e. The molecular formula is C16H14ClN5O2S. The highest BCUT2D eigenvalue weighted by Gasteiger charge is 2.14. The zero-order valence-corrected chi connectivity index (χ0v) is 14.7. The van der Waals surface area contributed by atoms with E-state index in [0.29, 0.717) is 32.2 Å². The summed E-state index contributed by atoms with van der Waals surface area (Å²) in [7, 11) is 0. The van der Waals surface area contributed by atoms with E-state index >= 15 is 0 Å². The molecule has 0 bridgehead atoms. The molecule has 0 spiro atoms. The van der Waals surface area contributed by atoms with E-state index in [-0.39, 0.29) is 12.5 Å². The Kier molecular flexibility index (Phi) is 5.22. The minimum Gasteiger partial charge on any atom is -0.390 e. The lowest BCUT2D eigenvalue weighted by atomic mass is 10.2. The Morgan fingerprint density at radius 3 is 2.92 bits per heavy atom. The minimum atomic E-state index is -0.291. The van der Waals surface area contributed by atoms with Crippen LogP contribution in [0.15, 0.2) is 36.8 Å². The normalized spacial score (nSPS) is 10.5. The number of carbonyl (C=O) groups excluding carboxylic acids is 1. The fourth-order valence-corrected chi connectivity index (χ4v) is 3.05. The first-order chi connectivity index (χ1) is 12.1.